The van der Waals surface area contributed by atoms with Crippen molar-refractivity contribution in [1.82, 2.24) is 9.80 Å². The molecular formula is C19H27N3O2. The van der Waals surface area contributed by atoms with Crippen LogP contribution in [-0.2, 0) is 16.1 Å². The first-order valence-electron chi connectivity index (χ1n) is 8.92. The fourth-order valence-electron chi connectivity index (χ4n) is 3.68. The molecule has 1 atom stereocenters. The SMILES string of the molecule is Cc1ccc(CN2C(=O)CCC2C(=O)N2CCC(CN)CC2)cc1. The van der Waals surface area contributed by atoms with E-state index in [1.165, 1.54) is 5.56 Å². The first-order valence-corrected chi connectivity index (χ1v) is 8.92. The minimum absolute atomic E-state index is 0.0887. The highest BCUT2D eigenvalue weighted by molar-refractivity contribution is 5.91. The van der Waals surface area contributed by atoms with E-state index in [1.54, 1.807) is 4.90 Å². The van der Waals surface area contributed by atoms with Gasteiger partial charge in [0.05, 0.1) is 0 Å². The second-order valence-electron chi connectivity index (χ2n) is 7.07. The highest BCUT2D eigenvalue weighted by atomic mass is 16.2. The van der Waals surface area contributed by atoms with Crippen molar-refractivity contribution in [3.63, 3.8) is 0 Å². The third kappa shape index (κ3) is 3.61. The van der Waals surface area contributed by atoms with Gasteiger partial charge in [-0.05, 0) is 44.2 Å². The molecule has 1 unspecified atom stereocenters. The lowest BCUT2D eigenvalue weighted by molar-refractivity contribution is -0.142. The molecule has 24 heavy (non-hydrogen) atoms. The number of aryl methyl sites for hydroxylation is 1. The monoisotopic (exact) mass is 329 g/mol. The molecule has 3 rings (SSSR count). The largest absolute Gasteiger partial charge is 0.341 e. The van der Waals surface area contributed by atoms with Crippen molar-refractivity contribution in [2.45, 2.75) is 45.2 Å². The maximum absolute atomic E-state index is 12.9. The molecule has 2 aliphatic heterocycles. The number of hydrogen-bond donors (Lipinski definition) is 1. The van der Waals surface area contributed by atoms with Gasteiger partial charge in [-0.1, -0.05) is 29.8 Å². The summed E-state index contributed by atoms with van der Waals surface area (Å²) in [6, 6.07) is 7.87. The van der Waals surface area contributed by atoms with Gasteiger partial charge in [-0.15, -0.1) is 0 Å². The fourth-order valence-corrected chi connectivity index (χ4v) is 3.68. The average molecular weight is 329 g/mol. The Balaban J connectivity index is 1.66. The molecule has 5 heteroatoms. The summed E-state index contributed by atoms with van der Waals surface area (Å²) in [6.45, 7) is 4.80. The van der Waals surface area contributed by atoms with Gasteiger partial charge in [0, 0.05) is 26.1 Å². The lowest BCUT2D eigenvalue weighted by Gasteiger charge is -2.35. The van der Waals surface area contributed by atoms with Crippen molar-refractivity contribution in [3.05, 3.63) is 35.4 Å². The number of piperidine rings is 1. The van der Waals surface area contributed by atoms with E-state index < -0.39 is 0 Å². The number of carbonyl (C=O) groups excluding carboxylic acids is 2. The zero-order chi connectivity index (χ0) is 17.1. The van der Waals surface area contributed by atoms with Crippen LogP contribution >= 0.6 is 0 Å². The van der Waals surface area contributed by atoms with Crippen molar-refractivity contribution in [2.75, 3.05) is 19.6 Å². The molecule has 2 fully saturated rings. The van der Waals surface area contributed by atoms with E-state index in [2.05, 4.69) is 0 Å². The Morgan fingerprint density at radius 2 is 1.83 bits per heavy atom. The number of benzene rings is 1. The van der Waals surface area contributed by atoms with Crippen LogP contribution in [0.5, 0.6) is 0 Å². The van der Waals surface area contributed by atoms with Gasteiger partial charge in [0.1, 0.15) is 6.04 Å². The Bertz CT molecular complexity index is 591. The van der Waals surface area contributed by atoms with Crippen LogP contribution in [0.1, 0.15) is 36.8 Å². The minimum Gasteiger partial charge on any atom is -0.341 e. The number of carbonyl (C=O) groups is 2. The highest BCUT2D eigenvalue weighted by Gasteiger charge is 2.38. The summed E-state index contributed by atoms with van der Waals surface area (Å²) in [5.74, 6) is 0.733. The number of hydrogen-bond acceptors (Lipinski definition) is 3. The van der Waals surface area contributed by atoms with Gasteiger partial charge in [0.25, 0.3) is 0 Å². The summed E-state index contributed by atoms with van der Waals surface area (Å²) in [5.41, 5.74) is 8.00. The van der Waals surface area contributed by atoms with Gasteiger partial charge in [0.15, 0.2) is 0 Å². The normalized spacial score (nSPS) is 22.2. The zero-order valence-electron chi connectivity index (χ0n) is 14.4. The molecule has 0 radical (unpaired) electrons. The van der Waals surface area contributed by atoms with Crippen molar-refractivity contribution < 1.29 is 9.59 Å². The number of amides is 2. The van der Waals surface area contributed by atoms with E-state index in [0.717, 1.165) is 31.5 Å². The third-order valence-electron chi connectivity index (χ3n) is 5.35. The molecule has 0 bridgehead atoms. The second kappa shape index (κ2) is 7.34. The molecule has 0 spiro atoms. The van der Waals surface area contributed by atoms with Gasteiger partial charge >= 0.3 is 0 Å². The standard InChI is InChI=1S/C19H27N3O2/c1-14-2-4-16(5-3-14)13-22-17(6-7-18(22)23)19(24)21-10-8-15(12-20)9-11-21/h2-5,15,17H,6-13,20H2,1H3. The second-order valence-corrected chi connectivity index (χ2v) is 7.07. The van der Waals surface area contributed by atoms with Crippen LogP contribution in [0.2, 0.25) is 0 Å². The molecule has 0 aromatic heterocycles. The first kappa shape index (κ1) is 17.0. The van der Waals surface area contributed by atoms with Gasteiger partial charge in [-0.25, -0.2) is 0 Å². The fraction of sp³-hybridized carbons (Fsp3) is 0.579. The predicted octanol–water partition coefficient (Wildman–Crippen LogP) is 1.68. The Morgan fingerprint density at radius 3 is 2.46 bits per heavy atom. The number of rotatable bonds is 4. The van der Waals surface area contributed by atoms with Crippen LogP contribution in [0, 0.1) is 12.8 Å². The number of nitrogens with zero attached hydrogens (tertiary/aromatic N) is 2. The van der Waals surface area contributed by atoms with Crippen LogP contribution in [0.25, 0.3) is 0 Å². The number of likely N-dealkylation sites (tertiary alicyclic amines) is 2. The lowest BCUT2D eigenvalue weighted by atomic mass is 9.96. The van der Waals surface area contributed by atoms with Crippen LogP contribution in [0.15, 0.2) is 24.3 Å². The Labute approximate surface area is 143 Å². The molecule has 0 saturated carbocycles. The smallest absolute Gasteiger partial charge is 0.245 e. The van der Waals surface area contributed by atoms with Crippen LogP contribution < -0.4 is 5.73 Å². The molecule has 1 aromatic carbocycles. The maximum Gasteiger partial charge on any atom is 0.245 e. The summed E-state index contributed by atoms with van der Waals surface area (Å²) in [5, 5.41) is 0. The summed E-state index contributed by atoms with van der Waals surface area (Å²) < 4.78 is 0. The molecule has 2 N–H and O–H groups in total. The zero-order valence-corrected chi connectivity index (χ0v) is 14.4. The third-order valence-corrected chi connectivity index (χ3v) is 5.35. The highest BCUT2D eigenvalue weighted by Crippen LogP contribution is 2.25. The van der Waals surface area contributed by atoms with Crippen LogP contribution in [0.4, 0.5) is 0 Å². The summed E-state index contributed by atoms with van der Waals surface area (Å²) in [4.78, 5) is 28.9. The van der Waals surface area contributed by atoms with E-state index in [-0.39, 0.29) is 17.9 Å². The Hall–Kier alpha value is -1.88. The van der Waals surface area contributed by atoms with Crippen LogP contribution in [-0.4, -0.2) is 47.3 Å². The van der Waals surface area contributed by atoms with Gasteiger partial charge in [0.2, 0.25) is 11.8 Å². The van der Waals surface area contributed by atoms with E-state index in [9.17, 15) is 9.59 Å². The molecule has 1 aromatic rings. The Morgan fingerprint density at radius 1 is 1.17 bits per heavy atom. The molecule has 2 aliphatic rings. The molecule has 2 amide bonds. The first-order chi connectivity index (χ1) is 11.6. The quantitative estimate of drug-likeness (QED) is 0.914. The van der Waals surface area contributed by atoms with E-state index in [0.29, 0.717) is 31.8 Å². The molecule has 2 heterocycles. The molecule has 5 nitrogen and oxygen atoms in total. The van der Waals surface area contributed by atoms with Gasteiger partial charge < -0.3 is 15.5 Å². The number of nitrogens with two attached hydrogens (primary N) is 1. The molecule has 130 valence electrons. The summed E-state index contributed by atoms with van der Waals surface area (Å²) in [7, 11) is 0. The lowest BCUT2D eigenvalue weighted by Crippen LogP contribution is -2.49. The van der Waals surface area contributed by atoms with Gasteiger partial charge in [-0.2, -0.15) is 0 Å². The predicted molar refractivity (Wildman–Crippen MR) is 93.1 cm³/mol. The van der Waals surface area contributed by atoms with Crippen molar-refractivity contribution in [1.29, 1.82) is 0 Å². The van der Waals surface area contributed by atoms with Crippen molar-refractivity contribution >= 4 is 11.8 Å². The maximum atomic E-state index is 12.9. The van der Waals surface area contributed by atoms with E-state index in [4.69, 9.17) is 5.73 Å². The Kier molecular flexibility index (Phi) is 5.19. The minimum atomic E-state index is -0.298. The molecular weight excluding hydrogens is 302 g/mol. The average Bonchev–Trinajstić information content (AvgIpc) is 2.97. The van der Waals surface area contributed by atoms with Crippen molar-refractivity contribution in [3.8, 4) is 0 Å². The summed E-state index contributed by atoms with van der Waals surface area (Å²) >= 11 is 0. The molecule has 2 saturated heterocycles. The van der Waals surface area contributed by atoms with Gasteiger partial charge in [-0.3, -0.25) is 9.59 Å². The van der Waals surface area contributed by atoms with E-state index >= 15 is 0 Å². The topological polar surface area (TPSA) is 66.6 Å². The van der Waals surface area contributed by atoms with Crippen LogP contribution in [0.3, 0.4) is 0 Å². The van der Waals surface area contributed by atoms with E-state index in [1.807, 2.05) is 36.1 Å². The molecule has 0 aliphatic carbocycles. The summed E-state index contributed by atoms with van der Waals surface area (Å²) in [6.07, 6.45) is 3.06. The van der Waals surface area contributed by atoms with Crippen molar-refractivity contribution in [2.24, 2.45) is 11.7 Å².